The van der Waals surface area contributed by atoms with Crippen LogP contribution in [0.25, 0.3) is 0 Å². The highest BCUT2D eigenvalue weighted by Crippen LogP contribution is 2.20. The maximum atomic E-state index is 12.4. The molecule has 0 radical (unpaired) electrons. The standard InChI is InChI=1S/C15H20N2O/c18-15(14-7-3-4-9-16-14)17-10-8-12-5-1-2-6-13(12)11-17/h1-2,5-6,14,16H,3-4,7-11H2. The van der Waals surface area contributed by atoms with Gasteiger partial charge in [0.05, 0.1) is 6.04 Å². The Morgan fingerprint density at radius 1 is 1.22 bits per heavy atom. The summed E-state index contributed by atoms with van der Waals surface area (Å²) in [5.41, 5.74) is 2.71. The van der Waals surface area contributed by atoms with Gasteiger partial charge >= 0.3 is 0 Å². The van der Waals surface area contributed by atoms with Gasteiger partial charge in [0.1, 0.15) is 0 Å². The molecule has 1 atom stereocenters. The average molecular weight is 244 g/mol. The normalized spacial score (nSPS) is 23.6. The SMILES string of the molecule is O=C(C1CCCCN1)N1CCc2ccccc2C1. The van der Waals surface area contributed by atoms with E-state index in [1.165, 1.54) is 24.0 Å². The minimum atomic E-state index is 0.0593. The maximum Gasteiger partial charge on any atom is 0.240 e. The summed E-state index contributed by atoms with van der Waals surface area (Å²) in [5.74, 6) is 0.296. The van der Waals surface area contributed by atoms with Crippen LogP contribution in [0.15, 0.2) is 24.3 Å². The Morgan fingerprint density at radius 2 is 2.06 bits per heavy atom. The molecule has 1 saturated heterocycles. The molecule has 3 heteroatoms. The summed E-state index contributed by atoms with van der Waals surface area (Å²) in [6.45, 7) is 2.64. The Bertz CT molecular complexity index is 438. The number of nitrogens with one attached hydrogen (secondary N) is 1. The van der Waals surface area contributed by atoms with Gasteiger partial charge in [-0.1, -0.05) is 30.7 Å². The molecule has 2 aliphatic heterocycles. The molecule has 18 heavy (non-hydrogen) atoms. The zero-order chi connectivity index (χ0) is 12.4. The highest BCUT2D eigenvalue weighted by atomic mass is 16.2. The zero-order valence-corrected chi connectivity index (χ0v) is 10.7. The third-order valence-corrected chi connectivity index (χ3v) is 4.05. The number of fused-ring (bicyclic) bond motifs is 1. The molecule has 3 rings (SSSR count). The summed E-state index contributed by atoms with van der Waals surface area (Å²) < 4.78 is 0. The summed E-state index contributed by atoms with van der Waals surface area (Å²) in [5, 5.41) is 3.35. The quantitative estimate of drug-likeness (QED) is 0.815. The van der Waals surface area contributed by atoms with E-state index < -0.39 is 0 Å². The van der Waals surface area contributed by atoms with Gasteiger partial charge in [0, 0.05) is 13.1 Å². The van der Waals surface area contributed by atoms with Gasteiger partial charge in [0.15, 0.2) is 0 Å². The number of carbonyl (C=O) groups is 1. The average Bonchev–Trinajstić information content (AvgIpc) is 2.47. The van der Waals surface area contributed by atoms with E-state index in [-0.39, 0.29) is 6.04 Å². The lowest BCUT2D eigenvalue weighted by molar-refractivity contribution is -0.135. The summed E-state index contributed by atoms with van der Waals surface area (Å²) in [6, 6.07) is 8.52. The third-order valence-electron chi connectivity index (χ3n) is 4.05. The van der Waals surface area contributed by atoms with E-state index in [0.29, 0.717) is 5.91 Å². The number of benzene rings is 1. The summed E-state index contributed by atoms with van der Waals surface area (Å²) in [4.78, 5) is 14.4. The van der Waals surface area contributed by atoms with Crippen molar-refractivity contribution in [2.24, 2.45) is 0 Å². The van der Waals surface area contributed by atoms with Crippen LogP contribution in [0.1, 0.15) is 30.4 Å². The molecule has 0 aromatic heterocycles. The van der Waals surface area contributed by atoms with Gasteiger partial charge in [0.25, 0.3) is 0 Å². The van der Waals surface area contributed by atoms with Crippen molar-refractivity contribution >= 4 is 5.91 Å². The van der Waals surface area contributed by atoms with E-state index in [2.05, 4.69) is 29.6 Å². The fourth-order valence-corrected chi connectivity index (χ4v) is 2.97. The van der Waals surface area contributed by atoms with Crippen molar-refractivity contribution in [2.45, 2.75) is 38.3 Å². The van der Waals surface area contributed by atoms with E-state index in [9.17, 15) is 4.79 Å². The molecule has 1 N–H and O–H groups in total. The number of piperidine rings is 1. The van der Waals surface area contributed by atoms with Crippen LogP contribution in [-0.4, -0.2) is 29.9 Å². The van der Waals surface area contributed by atoms with Crippen molar-refractivity contribution < 1.29 is 4.79 Å². The van der Waals surface area contributed by atoms with E-state index in [4.69, 9.17) is 0 Å². The van der Waals surface area contributed by atoms with Gasteiger partial charge < -0.3 is 10.2 Å². The minimum Gasteiger partial charge on any atom is -0.337 e. The predicted molar refractivity (Wildman–Crippen MR) is 71.2 cm³/mol. The fourth-order valence-electron chi connectivity index (χ4n) is 2.97. The van der Waals surface area contributed by atoms with Crippen LogP contribution >= 0.6 is 0 Å². The van der Waals surface area contributed by atoms with Crippen molar-refractivity contribution in [3.05, 3.63) is 35.4 Å². The number of amides is 1. The Kier molecular flexibility index (Phi) is 3.33. The topological polar surface area (TPSA) is 32.3 Å². The van der Waals surface area contributed by atoms with Crippen molar-refractivity contribution in [1.82, 2.24) is 10.2 Å². The highest BCUT2D eigenvalue weighted by Gasteiger charge is 2.27. The Labute approximate surface area is 108 Å². The van der Waals surface area contributed by atoms with Gasteiger partial charge in [-0.25, -0.2) is 0 Å². The van der Waals surface area contributed by atoms with Gasteiger partial charge in [-0.3, -0.25) is 4.79 Å². The second-order valence-corrected chi connectivity index (χ2v) is 5.28. The lowest BCUT2D eigenvalue weighted by atomic mass is 9.98. The molecule has 0 aliphatic carbocycles. The molecule has 0 spiro atoms. The molecule has 2 aliphatic rings. The van der Waals surface area contributed by atoms with Gasteiger partial charge in [0.2, 0.25) is 5.91 Å². The molecular weight excluding hydrogens is 224 g/mol. The molecule has 1 fully saturated rings. The minimum absolute atomic E-state index is 0.0593. The molecule has 1 aromatic carbocycles. The molecule has 96 valence electrons. The van der Waals surface area contributed by atoms with Crippen LogP contribution in [-0.2, 0) is 17.8 Å². The first-order valence-corrected chi connectivity index (χ1v) is 6.93. The maximum absolute atomic E-state index is 12.4. The van der Waals surface area contributed by atoms with Gasteiger partial charge in [-0.2, -0.15) is 0 Å². The lowest BCUT2D eigenvalue weighted by Gasteiger charge is -2.33. The van der Waals surface area contributed by atoms with Crippen molar-refractivity contribution in [1.29, 1.82) is 0 Å². The van der Waals surface area contributed by atoms with Crippen LogP contribution in [0, 0.1) is 0 Å². The molecule has 1 amide bonds. The number of hydrogen-bond acceptors (Lipinski definition) is 2. The van der Waals surface area contributed by atoms with E-state index in [1.54, 1.807) is 0 Å². The number of rotatable bonds is 1. The summed E-state index contributed by atoms with van der Waals surface area (Å²) in [7, 11) is 0. The fraction of sp³-hybridized carbons (Fsp3) is 0.533. The molecule has 2 heterocycles. The lowest BCUT2D eigenvalue weighted by Crippen LogP contribution is -2.49. The molecule has 0 bridgehead atoms. The Balaban J connectivity index is 1.69. The summed E-state index contributed by atoms with van der Waals surface area (Å²) >= 11 is 0. The summed E-state index contributed by atoms with van der Waals surface area (Å²) in [6.07, 6.45) is 4.37. The van der Waals surface area contributed by atoms with Crippen molar-refractivity contribution in [3.8, 4) is 0 Å². The molecular formula is C15H20N2O. The number of hydrogen-bond donors (Lipinski definition) is 1. The second kappa shape index (κ2) is 5.11. The first kappa shape index (κ1) is 11.7. The molecule has 1 unspecified atom stereocenters. The van der Waals surface area contributed by atoms with E-state index in [1.807, 2.05) is 4.90 Å². The van der Waals surface area contributed by atoms with Crippen molar-refractivity contribution in [3.63, 3.8) is 0 Å². The third kappa shape index (κ3) is 2.27. The van der Waals surface area contributed by atoms with Crippen LogP contribution in [0.4, 0.5) is 0 Å². The van der Waals surface area contributed by atoms with Crippen LogP contribution in [0.2, 0.25) is 0 Å². The van der Waals surface area contributed by atoms with Crippen LogP contribution in [0.3, 0.4) is 0 Å². The second-order valence-electron chi connectivity index (χ2n) is 5.28. The van der Waals surface area contributed by atoms with Crippen molar-refractivity contribution in [2.75, 3.05) is 13.1 Å². The smallest absolute Gasteiger partial charge is 0.240 e. The number of carbonyl (C=O) groups excluding carboxylic acids is 1. The van der Waals surface area contributed by atoms with E-state index in [0.717, 1.165) is 32.5 Å². The predicted octanol–water partition coefficient (Wildman–Crippen LogP) is 1.71. The highest BCUT2D eigenvalue weighted by molar-refractivity contribution is 5.82. The molecule has 0 saturated carbocycles. The van der Waals surface area contributed by atoms with Crippen LogP contribution in [0.5, 0.6) is 0 Å². The van der Waals surface area contributed by atoms with E-state index >= 15 is 0 Å². The zero-order valence-electron chi connectivity index (χ0n) is 10.7. The Morgan fingerprint density at radius 3 is 2.83 bits per heavy atom. The molecule has 3 nitrogen and oxygen atoms in total. The first-order chi connectivity index (χ1) is 8.84. The van der Waals surface area contributed by atoms with Gasteiger partial charge in [-0.05, 0) is 36.9 Å². The van der Waals surface area contributed by atoms with Gasteiger partial charge in [-0.15, -0.1) is 0 Å². The van der Waals surface area contributed by atoms with Crippen LogP contribution < -0.4 is 5.32 Å². The molecule has 1 aromatic rings. The largest absolute Gasteiger partial charge is 0.337 e. The first-order valence-electron chi connectivity index (χ1n) is 6.93. The monoisotopic (exact) mass is 244 g/mol. The Hall–Kier alpha value is -1.35. The number of nitrogens with zero attached hydrogens (tertiary/aromatic N) is 1.